The van der Waals surface area contributed by atoms with E-state index in [0.717, 1.165) is 17.9 Å². The van der Waals surface area contributed by atoms with Crippen LogP contribution in [-0.4, -0.2) is 22.0 Å². The number of nitrogens with one attached hydrogen (secondary N) is 2. The molecule has 0 saturated heterocycles. The van der Waals surface area contributed by atoms with Crippen molar-refractivity contribution in [2.24, 2.45) is 0 Å². The highest BCUT2D eigenvalue weighted by Gasteiger charge is 2.09. The van der Waals surface area contributed by atoms with Gasteiger partial charge in [-0.15, -0.1) is 0 Å². The smallest absolute Gasteiger partial charge is 0.275 e. The van der Waals surface area contributed by atoms with Crippen LogP contribution in [0.5, 0.6) is 5.75 Å². The molecule has 6 nitrogen and oxygen atoms in total. The Labute approximate surface area is 165 Å². The molecule has 2 N–H and O–H groups in total. The summed E-state index contributed by atoms with van der Waals surface area (Å²) in [7, 11) is 0. The number of aromatic nitrogens is 2. The van der Waals surface area contributed by atoms with Crippen molar-refractivity contribution in [3.63, 3.8) is 0 Å². The lowest BCUT2D eigenvalue weighted by atomic mass is 10.1. The van der Waals surface area contributed by atoms with Gasteiger partial charge in [0.2, 0.25) is 0 Å². The molecule has 3 rings (SSSR count). The topological polar surface area (TPSA) is 76.1 Å². The maximum Gasteiger partial charge on any atom is 0.275 e. The van der Waals surface area contributed by atoms with E-state index in [1.54, 1.807) is 18.3 Å². The minimum absolute atomic E-state index is 0.104. The van der Waals surface area contributed by atoms with Crippen LogP contribution in [-0.2, 0) is 6.42 Å². The third-order valence-corrected chi connectivity index (χ3v) is 4.03. The largest absolute Gasteiger partial charge is 0.491 e. The molecule has 1 heterocycles. The molecule has 144 valence electrons. The number of hydrogen-bond donors (Lipinski definition) is 2. The van der Waals surface area contributed by atoms with Crippen LogP contribution in [0.2, 0.25) is 0 Å². The molecule has 0 bridgehead atoms. The standard InChI is InChI=1S/C22H24N4O2/c1-4-16-7-5-6-8-19(16)26-21-14-23-20(13-24-21)22(27)25-17-9-11-18(12-10-17)28-15(2)3/h5-15H,4H2,1-3H3,(H,24,26)(H,25,27). The maximum absolute atomic E-state index is 12.4. The Hall–Kier alpha value is -3.41. The molecule has 2 aromatic carbocycles. The number of amides is 1. The van der Waals surface area contributed by atoms with E-state index in [2.05, 4.69) is 33.6 Å². The van der Waals surface area contributed by atoms with Gasteiger partial charge >= 0.3 is 0 Å². The Morgan fingerprint density at radius 3 is 2.43 bits per heavy atom. The molecule has 28 heavy (non-hydrogen) atoms. The van der Waals surface area contributed by atoms with Crippen molar-refractivity contribution in [1.29, 1.82) is 0 Å². The fourth-order valence-electron chi connectivity index (χ4n) is 2.68. The minimum atomic E-state index is -0.314. The van der Waals surface area contributed by atoms with E-state index in [1.807, 2.05) is 44.2 Å². The zero-order valence-corrected chi connectivity index (χ0v) is 16.3. The van der Waals surface area contributed by atoms with Crippen LogP contribution < -0.4 is 15.4 Å². The lowest BCUT2D eigenvalue weighted by Gasteiger charge is -2.11. The number of anilines is 3. The molecular weight excluding hydrogens is 352 g/mol. The van der Waals surface area contributed by atoms with Crippen LogP contribution in [0.25, 0.3) is 0 Å². The predicted molar refractivity (Wildman–Crippen MR) is 111 cm³/mol. The van der Waals surface area contributed by atoms with Gasteiger partial charge < -0.3 is 15.4 Å². The summed E-state index contributed by atoms with van der Waals surface area (Å²) in [5.74, 6) is 1.04. The molecule has 6 heteroatoms. The van der Waals surface area contributed by atoms with Crippen molar-refractivity contribution >= 4 is 23.1 Å². The van der Waals surface area contributed by atoms with Gasteiger partial charge in [-0.05, 0) is 56.2 Å². The second kappa shape index (κ2) is 8.99. The molecule has 1 amide bonds. The van der Waals surface area contributed by atoms with Crippen LogP contribution in [0.1, 0.15) is 36.8 Å². The number of aryl methyl sites for hydroxylation is 1. The summed E-state index contributed by atoms with van der Waals surface area (Å²) in [4.78, 5) is 20.9. The van der Waals surface area contributed by atoms with Gasteiger partial charge in [-0.2, -0.15) is 0 Å². The monoisotopic (exact) mass is 376 g/mol. The fraction of sp³-hybridized carbons (Fsp3) is 0.227. The third-order valence-electron chi connectivity index (χ3n) is 4.03. The summed E-state index contributed by atoms with van der Waals surface area (Å²) in [6, 6.07) is 15.3. The Kier molecular flexibility index (Phi) is 6.22. The maximum atomic E-state index is 12.4. The molecule has 0 spiro atoms. The zero-order valence-electron chi connectivity index (χ0n) is 16.3. The Bertz CT molecular complexity index is 922. The summed E-state index contributed by atoms with van der Waals surface area (Å²) in [5.41, 5.74) is 3.09. The van der Waals surface area contributed by atoms with Gasteiger partial charge in [0.25, 0.3) is 5.91 Å². The van der Waals surface area contributed by atoms with Gasteiger partial charge in [-0.1, -0.05) is 25.1 Å². The molecule has 0 aliphatic rings. The van der Waals surface area contributed by atoms with Crippen LogP contribution in [0.4, 0.5) is 17.2 Å². The van der Waals surface area contributed by atoms with Gasteiger partial charge in [0.15, 0.2) is 0 Å². The van der Waals surface area contributed by atoms with Crippen molar-refractivity contribution < 1.29 is 9.53 Å². The van der Waals surface area contributed by atoms with E-state index in [1.165, 1.54) is 11.8 Å². The molecule has 0 saturated carbocycles. The van der Waals surface area contributed by atoms with E-state index in [4.69, 9.17) is 4.74 Å². The second-order valence-corrected chi connectivity index (χ2v) is 6.57. The number of hydrogen-bond acceptors (Lipinski definition) is 5. The average molecular weight is 376 g/mol. The quantitative estimate of drug-likeness (QED) is 0.618. The van der Waals surface area contributed by atoms with E-state index in [9.17, 15) is 4.79 Å². The minimum Gasteiger partial charge on any atom is -0.491 e. The highest BCUT2D eigenvalue weighted by atomic mass is 16.5. The number of rotatable bonds is 7. The average Bonchev–Trinajstić information content (AvgIpc) is 2.70. The summed E-state index contributed by atoms with van der Waals surface area (Å²) in [6.07, 6.45) is 4.04. The SMILES string of the molecule is CCc1ccccc1Nc1cnc(C(=O)Nc2ccc(OC(C)C)cc2)cn1. The van der Waals surface area contributed by atoms with Gasteiger partial charge in [0.05, 0.1) is 18.5 Å². The lowest BCUT2D eigenvalue weighted by Crippen LogP contribution is -2.14. The molecule has 0 radical (unpaired) electrons. The van der Waals surface area contributed by atoms with E-state index in [-0.39, 0.29) is 17.7 Å². The predicted octanol–water partition coefficient (Wildman–Crippen LogP) is 4.82. The highest BCUT2D eigenvalue weighted by Crippen LogP contribution is 2.20. The summed E-state index contributed by atoms with van der Waals surface area (Å²) in [6.45, 7) is 6.03. The molecule has 0 aliphatic heterocycles. The zero-order chi connectivity index (χ0) is 19.9. The van der Waals surface area contributed by atoms with Crippen LogP contribution in [0.3, 0.4) is 0 Å². The molecule has 0 atom stereocenters. The van der Waals surface area contributed by atoms with Gasteiger partial charge in [-0.25, -0.2) is 9.97 Å². The fourth-order valence-corrected chi connectivity index (χ4v) is 2.68. The Morgan fingerprint density at radius 2 is 1.79 bits per heavy atom. The van der Waals surface area contributed by atoms with E-state index < -0.39 is 0 Å². The first-order valence-electron chi connectivity index (χ1n) is 9.30. The summed E-state index contributed by atoms with van der Waals surface area (Å²) in [5, 5.41) is 6.05. The van der Waals surface area contributed by atoms with Crippen LogP contribution in [0.15, 0.2) is 60.9 Å². The lowest BCUT2D eigenvalue weighted by molar-refractivity contribution is 0.102. The third kappa shape index (κ3) is 5.07. The first-order valence-corrected chi connectivity index (χ1v) is 9.30. The van der Waals surface area contributed by atoms with Crippen molar-refractivity contribution in [1.82, 2.24) is 9.97 Å². The highest BCUT2D eigenvalue weighted by molar-refractivity contribution is 6.02. The van der Waals surface area contributed by atoms with E-state index in [0.29, 0.717) is 11.5 Å². The number of ether oxygens (including phenoxy) is 1. The Balaban J connectivity index is 1.63. The molecule has 0 fully saturated rings. The van der Waals surface area contributed by atoms with Crippen molar-refractivity contribution in [2.45, 2.75) is 33.3 Å². The summed E-state index contributed by atoms with van der Waals surface area (Å²) >= 11 is 0. The second-order valence-electron chi connectivity index (χ2n) is 6.57. The number of nitrogens with zero attached hydrogens (tertiary/aromatic N) is 2. The normalized spacial score (nSPS) is 10.6. The van der Waals surface area contributed by atoms with Crippen molar-refractivity contribution in [3.05, 3.63) is 72.2 Å². The van der Waals surface area contributed by atoms with Crippen molar-refractivity contribution in [2.75, 3.05) is 10.6 Å². The van der Waals surface area contributed by atoms with Crippen molar-refractivity contribution in [3.8, 4) is 5.75 Å². The Morgan fingerprint density at radius 1 is 1.04 bits per heavy atom. The number of para-hydroxylation sites is 1. The van der Waals surface area contributed by atoms with Gasteiger partial charge in [0, 0.05) is 11.4 Å². The van der Waals surface area contributed by atoms with E-state index >= 15 is 0 Å². The number of carbonyl (C=O) groups is 1. The van der Waals surface area contributed by atoms with Gasteiger partial charge in [-0.3, -0.25) is 4.79 Å². The molecular formula is C22H24N4O2. The summed E-state index contributed by atoms with van der Waals surface area (Å²) < 4.78 is 5.60. The number of carbonyl (C=O) groups excluding carboxylic acids is 1. The van der Waals surface area contributed by atoms with Crippen LogP contribution >= 0.6 is 0 Å². The molecule has 0 unspecified atom stereocenters. The van der Waals surface area contributed by atoms with Gasteiger partial charge in [0.1, 0.15) is 17.3 Å². The number of benzene rings is 2. The van der Waals surface area contributed by atoms with Crippen LogP contribution in [0, 0.1) is 0 Å². The first-order chi connectivity index (χ1) is 13.5. The first kappa shape index (κ1) is 19.4. The molecule has 1 aromatic heterocycles. The molecule has 3 aromatic rings. The molecule has 0 aliphatic carbocycles.